The normalized spacial score (nSPS) is 17.5. The Morgan fingerprint density at radius 2 is 1.80 bits per heavy atom. The highest BCUT2D eigenvalue weighted by molar-refractivity contribution is 6.03. The second-order valence-corrected chi connectivity index (χ2v) is 12.2. The minimum atomic E-state index is -1.17. The van der Waals surface area contributed by atoms with Crippen molar-refractivity contribution in [2.75, 3.05) is 39.5 Å². The number of nitrogens with zero attached hydrogens (tertiary/aromatic N) is 2. The van der Waals surface area contributed by atoms with Crippen LogP contribution in [-0.2, 0) is 9.53 Å². The minimum absolute atomic E-state index is 0.0314. The summed E-state index contributed by atoms with van der Waals surface area (Å²) in [6.45, 7) is 6.66. The lowest BCUT2D eigenvalue weighted by Gasteiger charge is -2.37. The van der Waals surface area contributed by atoms with Gasteiger partial charge in [-0.25, -0.2) is 4.98 Å². The summed E-state index contributed by atoms with van der Waals surface area (Å²) < 4.78 is 23.0. The van der Waals surface area contributed by atoms with Gasteiger partial charge in [0.2, 0.25) is 11.7 Å². The third-order valence-electron chi connectivity index (χ3n) is 8.96. The molecule has 46 heavy (non-hydrogen) atoms. The van der Waals surface area contributed by atoms with Crippen LogP contribution in [0.3, 0.4) is 0 Å². The Hall–Kier alpha value is -4.22. The highest BCUT2D eigenvalue weighted by Crippen LogP contribution is 2.31. The van der Waals surface area contributed by atoms with E-state index in [4.69, 9.17) is 18.3 Å². The first-order valence-electron chi connectivity index (χ1n) is 16.4. The van der Waals surface area contributed by atoms with Crippen LogP contribution >= 0.6 is 0 Å². The number of para-hydroxylation sites is 2. The number of oxazole rings is 1. The van der Waals surface area contributed by atoms with E-state index in [0.29, 0.717) is 48.3 Å². The molecular formula is C35H42N4O7. The van der Waals surface area contributed by atoms with Gasteiger partial charge in [-0.05, 0) is 55.7 Å². The number of aromatic nitrogens is 1. The summed E-state index contributed by atoms with van der Waals surface area (Å²) in [6, 6.07) is 13.5. The van der Waals surface area contributed by atoms with Crippen molar-refractivity contribution in [2.24, 2.45) is 0 Å². The third kappa shape index (κ3) is 7.26. The molecule has 0 spiro atoms. The number of furan rings is 1. The second-order valence-electron chi connectivity index (χ2n) is 12.2. The van der Waals surface area contributed by atoms with Crippen molar-refractivity contribution in [1.29, 1.82) is 0 Å². The Balaban J connectivity index is 1.15. The summed E-state index contributed by atoms with van der Waals surface area (Å²) in [4.78, 5) is 47.9. The summed E-state index contributed by atoms with van der Waals surface area (Å²) in [5.41, 5.74) is 0.477. The fraction of sp³-hybridized carbons (Fsp3) is 0.486. The van der Waals surface area contributed by atoms with Crippen LogP contribution in [0.15, 0.2) is 57.4 Å². The van der Waals surface area contributed by atoms with Crippen LogP contribution in [0, 0.1) is 0 Å². The Bertz CT molecular complexity index is 1630. The number of carbonyl (C=O) groups excluding carboxylic acids is 3. The maximum atomic E-state index is 14.0. The van der Waals surface area contributed by atoms with Gasteiger partial charge in [0.05, 0.1) is 19.3 Å². The number of ether oxygens (including phenoxy) is 2. The number of hydrogen-bond donors (Lipinski definition) is 2. The molecule has 1 atom stereocenters. The first kappa shape index (κ1) is 31.7. The molecule has 0 radical (unpaired) electrons. The smallest absolute Gasteiger partial charge is 0.287 e. The van der Waals surface area contributed by atoms with Crippen molar-refractivity contribution in [1.82, 2.24) is 20.5 Å². The number of morpholine rings is 1. The summed E-state index contributed by atoms with van der Waals surface area (Å²) in [5.74, 6) is -0.454. The molecule has 2 N–H and O–H groups in total. The van der Waals surface area contributed by atoms with Gasteiger partial charge in [0, 0.05) is 25.0 Å². The maximum Gasteiger partial charge on any atom is 0.287 e. The van der Waals surface area contributed by atoms with E-state index in [0.717, 1.165) is 70.3 Å². The fourth-order valence-electron chi connectivity index (χ4n) is 6.28. The SMILES string of the molecule is CCCC[C@H](NC(=O)C1(NC(=O)c2cc3cc(OCCN4CCOCC4)ccc3o2)CCCCC1)C(=O)c1nc2ccccc2o1. The Morgan fingerprint density at radius 1 is 1.00 bits per heavy atom. The number of fused-ring (bicyclic) bond motifs is 2. The zero-order valence-corrected chi connectivity index (χ0v) is 26.3. The molecule has 0 bridgehead atoms. The Morgan fingerprint density at radius 3 is 2.59 bits per heavy atom. The van der Waals surface area contributed by atoms with Gasteiger partial charge < -0.3 is 28.9 Å². The van der Waals surface area contributed by atoms with Crippen molar-refractivity contribution in [2.45, 2.75) is 69.9 Å². The number of benzene rings is 2. The molecule has 2 fully saturated rings. The van der Waals surface area contributed by atoms with Gasteiger partial charge in [0.15, 0.2) is 11.3 Å². The molecule has 1 aliphatic heterocycles. The van der Waals surface area contributed by atoms with E-state index in [9.17, 15) is 14.4 Å². The zero-order chi connectivity index (χ0) is 31.9. The molecule has 244 valence electrons. The molecule has 3 heterocycles. The first-order chi connectivity index (χ1) is 22.4. The van der Waals surface area contributed by atoms with E-state index < -0.39 is 17.5 Å². The summed E-state index contributed by atoms with van der Waals surface area (Å²) >= 11 is 0. The lowest BCUT2D eigenvalue weighted by molar-refractivity contribution is -0.129. The summed E-state index contributed by atoms with van der Waals surface area (Å²) in [5, 5.41) is 6.73. The highest BCUT2D eigenvalue weighted by atomic mass is 16.5. The van der Waals surface area contributed by atoms with E-state index in [2.05, 4.69) is 20.5 Å². The van der Waals surface area contributed by atoms with Crippen molar-refractivity contribution in [3.05, 3.63) is 60.2 Å². The van der Waals surface area contributed by atoms with E-state index in [1.807, 2.05) is 31.2 Å². The van der Waals surface area contributed by atoms with Gasteiger partial charge in [-0.1, -0.05) is 51.2 Å². The molecule has 4 aromatic rings. The van der Waals surface area contributed by atoms with Crippen LogP contribution in [0.4, 0.5) is 0 Å². The second kappa shape index (κ2) is 14.5. The molecule has 2 aromatic heterocycles. The highest BCUT2D eigenvalue weighted by Gasteiger charge is 2.43. The molecule has 2 amide bonds. The predicted molar refractivity (Wildman–Crippen MR) is 172 cm³/mol. The Labute approximate surface area is 268 Å². The molecule has 11 heteroatoms. The Kier molecular flexibility index (Phi) is 9.99. The molecule has 2 aromatic carbocycles. The number of carbonyl (C=O) groups is 3. The van der Waals surface area contributed by atoms with Gasteiger partial charge in [-0.15, -0.1) is 0 Å². The molecule has 2 aliphatic rings. The molecule has 1 saturated heterocycles. The molecule has 0 unspecified atom stereocenters. The largest absolute Gasteiger partial charge is 0.492 e. The first-order valence-corrected chi connectivity index (χ1v) is 16.4. The average molecular weight is 631 g/mol. The molecule has 1 saturated carbocycles. The molecule has 6 rings (SSSR count). The van der Waals surface area contributed by atoms with E-state index >= 15 is 0 Å². The van der Waals surface area contributed by atoms with Crippen LogP contribution in [-0.4, -0.2) is 78.5 Å². The van der Waals surface area contributed by atoms with Crippen LogP contribution in [0.5, 0.6) is 5.75 Å². The lowest BCUT2D eigenvalue weighted by Crippen LogP contribution is -2.61. The van der Waals surface area contributed by atoms with Gasteiger partial charge >= 0.3 is 0 Å². The predicted octanol–water partition coefficient (Wildman–Crippen LogP) is 5.28. The van der Waals surface area contributed by atoms with Crippen molar-refractivity contribution in [3.8, 4) is 5.75 Å². The average Bonchev–Trinajstić information content (AvgIpc) is 3.72. The van der Waals surface area contributed by atoms with Gasteiger partial charge in [-0.3, -0.25) is 19.3 Å². The number of nitrogens with one attached hydrogen (secondary N) is 2. The summed E-state index contributed by atoms with van der Waals surface area (Å²) in [7, 11) is 0. The van der Waals surface area contributed by atoms with Gasteiger partial charge in [-0.2, -0.15) is 0 Å². The van der Waals surface area contributed by atoms with Crippen molar-refractivity contribution < 1.29 is 32.7 Å². The number of rotatable bonds is 13. The van der Waals surface area contributed by atoms with E-state index in [-0.39, 0.29) is 23.3 Å². The molecule has 11 nitrogen and oxygen atoms in total. The number of ketones is 1. The number of Topliss-reactive ketones (excluding diaryl/α,β-unsaturated/α-hetero) is 1. The van der Waals surface area contributed by atoms with Crippen LogP contribution < -0.4 is 15.4 Å². The van der Waals surface area contributed by atoms with E-state index in [1.165, 1.54) is 0 Å². The number of amides is 2. The van der Waals surface area contributed by atoms with E-state index in [1.54, 1.807) is 24.3 Å². The quantitative estimate of drug-likeness (QED) is 0.189. The number of hydrogen-bond acceptors (Lipinski definition) is 9. The maximum absolute atomic E-state index is 14.0. The standard InChI is InChI=1S/C35H42N4O7/c1-2-3-9-27(31(40)33-36-26-10-5-6-11-29(26)46-33)37-34(42)35(14-7-4-8-15-35)38-32(41)30-23-24-22-25(12-13-28(24)45-30)44-21-18-39-16-19-43-20-17-39/h5-6,10-13,22-23,27H,2-4,7-9,14-21H2,1H3,(H,37,42)(H,38,41)/t27-/m0/s1. The lowest BCUT2D eigenvalue weighted by atomic mass is 9.80. The van der Waals surface area contributed by atoms with Gasteiger partial charge in [0.1, 0.15) is 29.0 Å². The third-order valence-corrected chi connectivity index (χ3v) is 8.96. The monoisotopic (exact) mass is 630 g/mol. The zero-order valence-electron chi connectivity index (χ0n) is 26.3. The van der Waals surface area contributed by atoms with Crippen molar-refractivity contribution in [3.63, 3.8) is 0 Å². The van der Waals surface area contributed by atoms with Crippen LogP contribution in [0.1, 0.15) is 79.5 Å². The minimum Gasteiger partial charge on any atom is -0.492 e. The number of unbranched alkanes of at least 4 members (excludes halogenated alkanes) is 1. The van der Waals surface area contributed by atoms with Crippen molar-refractivity contribution >= 4 is 39.7 Å². The van der Waals surface area contributed by atoms with Crippen LogP contribution in [0.25, 0.3) is 22.1 Å². The fourth-order valence-corrected chi connectivity index (χ4v) is 6.28. The molecule has 1 aliphatic carbocycles. The van der Waals surface area contributed by atoms with Crippen LogP contribution in [0.2, 0.25) is 0 Å². The van der Waals surface area contributed by atoms with Gasteiger partial charge in [0.25, 0.3) is 11.8 Å². The topological polar surface area (TPSA) is 136 Å². The summed E-state index contributed by atoms with van der Waals surface area (Å²) in [6.07, 6.45) is 5.45. The molecular weight excluding hydrogens is 588 g/mol.